The lowest BCUT2D eigenvalue weighted by atomic mass is 10.1. The van der Waals surface area contributed by atoms with Crippen LogP contribution in [0.25, 0.3) is 0 Å². The van der Waals surface area contributed by atoms with Gasteiger partial charge in [-0.1, -0.05) is 28.1 Å². The van der Waals surface area contributed by atoms with Crippen LogP contribution >= 0.6 is 15.9 Å². The number of esters is 1. The lowest BCUT2D eigenvalue weighted by Gasteiger charge is -2.15. The van der Waals surface area contributed by atoms with Crippen molar-refractivity contribution < 1.29 is 33.0 Å². The van der Waals surface area contributed by atoms with Crippen molar-refractivity contribution in [2.75, 3.05) is 26.1 Å². The van der Waals surface area contributed by atoms with Gasteiger partial charge in [-0.3, -0.25) is 9.59 Å². The van der Waals surface area contributed by atoms with E-state index in [2.05, 4.69) is 21.2 Å². The van der Waals surface area contributed by atoms with E-state index in [-0.39, 0.29) is 28.5 Å². The van der Waals surface area contributed by atoms with Crippen LogP contribution in [0.15, 0.2) is 63.7 Å². The molecule has 1 aromatic heterocycles. The zero-order chi connectivity index (χ0) is 22.4. The van der Waals surface area contributed by atoms with Crippen molar-refractivity contribution >= 4 is 39.3 Å². The number of rotatable bonds is 8. The van der Waals surface area contributed by atoms with E-state index in [9.17, 15) is 14.4 Å². The van der Waals surface area contributed by atoms with Crippen molar-refractivity contribution in [1.29, 1.82) is 0 Å². The Morgan fingerprint density at radius 1 is 1.00 bits per heavy atom. The van der Waals surface area contributed by atoms with Crippen LogP contribution in [-0.4, -0.2) is 38.5 Å². The number of ketones is 1. The normalized spacial score (nSPS) is 10.3. The smallest absolute Gasteiger partial charge is 0.340 e. The van der Waals surface area contributed by atoms with Crippen LogP contribution in [0.3, 0.4) is 0 Å². The fourth-order valence-electron chi connectivity index (χ4n) is 2.70. The van der Waals surface area contributed by atoms with E-state index in [0.29, 0.717) is 11.3 Å². The molecule has 3 rings (SSSR count). The Balaban J connectivity index is 1.84. The topological polar surface area (TPSA) is 104 Å². The molecule has 0 saturated heterocycles. The molecule has 160 valence electrons. The Bertz CT molecular complexity index is 1110. The highest BCUT2D eigenvalue weighted by atomic mass is 79.9. The summed E-state index contributed by atoms with van der Waals surface area (Å²) in [7, 11) is 2.83. The molecule has 0 spiro atoms. The minimum Gasteiger partial charge on any atom is -0.493 e. The Kier molecular flexibility index (Phi) is 7.09. The number of hydrogen-bond donors (Lipinski definition) is 1. The van der Waals surface area contributed by atoms with Crippen molar-refractivity contribution in [2.45, 2.75) is 0 Å². The molecule has 0 radical (unpaired) electrons. The van der Waals surface area contributed by atoms with Gasteiger partial charge in [-0.05, 0) is 24.3 Å². The summed E-state index contributed by atoms with van der Waals surface area (Å²) in [5, 5.41) is 2.59. The number of anilines is 1. The number of Topliss-reactive ketones (excluding diaryl/α,β-unsaturated/α-hetero) is 1. The SMILES string of the molecule is COc1cc(NC(=O)c2ccco2)c(C(=O)OCC(=O)c2cccc(Br)c2)cc1OC. The number of methoxy groups -OCH3 is 2. The van der Waals surface area contributed by atoms with Crippen molar-refractivity contribution in [2.24, 2.45) is 0 Å². The second-order valence-electron chi connectivity index (χ2n) is 6.19. The number of carbonyl (C=O) groups excluding carboxylic acids is 3. The number of hydrogen-bond acceptors (Lipinski definition) is 7. The molecule has 2 aromatic carbocycles. The van der Waals surface area contributed by atoms with Gasteiger partial charge in [0.15, 0.2) is 29.6 Å². The quantitative estimate of drug-likeness (QED) is 0.371. The van der Waals surface area contributed by atoms with Crippen molar-refractivity contribution in [3.05, 3.63) is 76.2 Å². The summed E-state index contributed by atoms with van der Waals surface area (Å²) in [6, 6.07) is 12.6. The number of carbonyl (C=O) groups is 3. The Hall–Kier alpha value is -3.59. The second-order valence-corrected chi connectivity index (χ2v) is 7.11. The summed E-state index contributed by atoms with van der Waals surface area (Å²) in [4.78, 5) is 37.5. The van der Waals surface area contributed by atoms with Crippen molar-refractivity contribution in [3.8, 4) is 11.5 Å². The number of nitrogens with one attached hydrogen (secondary N) is 1. The maximum absolute atomic E-state index is 12.7. The standard InChI is InChI=1S/C22H18BrNO7/c1-28-19-10-15(22(27)31-12-17(25)13-5-3-6-14(23)9-13)16(11-20(19)29-2)24-21(26)18-7-4-8-30-18/h3-11H,12H2,1-2H3,(H,24,26). The van der Waals surface area contributed by atoms with E-state index in [1.54, 1.807) is 30.3 Å². The number of ether oxygens (including phenoxy) is 3. The zero-order valence-electron chi connectivity index (χ0n) is 16.6. The third-order valence-corrected chi connectivity index (χ3v) is 4.71. The van der Waals surface area contributed by atoms with Gasteiger partial charge in [-0.15, -0.1) is 0 Å². The van der Waals surface area contributed by atoms with Gasteiger partial charge >= 0.3 is 5.97 Å². The number of benzene rings is 2. The highest BCUT2D eigenvalue weighted by molar-refractivity contribution is 9.10. The summed E-state index contributed by atoms with van der Waals surface area (Å²) in [6.45, 7) is -0.477. The Labute approximate surface area is 186 Å². The first-order valence-corrected chi connectivity index (χ1v) is 9.79. The number of halogens is 1. The van der Waals surface area contributed by atoms with Gasteiger partial charge in [0.05, 0.1) is 31.7 Å². The highest BCUT2D eigenvalue weighted by Crippen LogP contribution is 2.34. The van der Waals surface area contributed by atoms with Crippen molar-refractivity contribution in [1.82, 2.24) is 0 Å². The molecule has 1 amide bonds. The van der Waals surface area contributed by atoms with Gasteiger partial charge < -0.3 is 23.9 Å². The molecule has 0 bridgehead atoms. The van der Waals surface area contributed by atoms with Crippen LogP contribution < -0.4 is 14.8 Å². The number of furan rings is 1. The minimum absolute atomic E-state index is 0.0143. The zero-order valence-corrected chi connectivity index (χ0v) is 18.2. The van der Waals surface area contributed by atoms with Gasteiger partial charge in [0, 0.05) is 22.2 Å². The first-order valence-electron chi connectivity index (χ1n) is 8.99. The van der Waals surface area contributed by atoms with Crippen LogP contribution in [0.4, 0.5) is 5.69 Å². The molecule has 0 saturated carbocycles. The molecule has 0 aliphatic rings. The molecule has 3 aromatic rings. The molecule has 1 N–H and O–H groups in total. The third-order valence-electron chi connectivity index (χ3n) is 4.22. The van der Waals surface area contributed by atoms with Gasteiger partial charge in [-0.25, -0.2) is 4.79 Å². The summed E-state index contributed by atoms with van der Waals surface area (Å²) in [5.74, 6) is -1.17. The molecule has 8 nitrogen and oxygen atoms in total. The summed E-state index contributed by atoms with van der Waals surface area (Å²) >= 11 is 3.29. The van der Waals surface area contributed by atoms with E-state index in [4.69, 9.17) is 18.6 Å². The molecule has 0 atom stereocenters. The van der Waals surface area contributed by atoms with E-state index >= 15 is 0 Å². The molecular weight excluding hydrogens is 470 g/mol. The minimum atomic E-state index is -0.820. The lowest BCUT2D eigenvalue weighted by molar-refractivity contribution is 0.0475. The maximum atomic E-state index is 12.7. The van der Waals surface area contributed by atoms with Gasteiger partial charge in [0.25, 0.3) is 5.91 Å². The fraction of sp³-hybridized carbons (Fsp3) is 0.136. The van der Waals surface area contributed by atoms with E-state index in [1.807, 2.05) is 0 Å². The second kappa shape index (κ2) is 9.94. The van der Waals surface area contributed by atoms with Crippen LogP contribution in [0.1, 0.15) is 31.3 Å². The largest absolute Gasteiger partial charge is 0.493 e. The molecule has 0 aliphatic carbocycles. The fourth-order valence-corrected chi connectivity index (χ4v) is 3.10. The molecule has 31 heavy (non-hydrogen) atoms. The van der Waals surface area contributed by atoms with E-state index in [0.717, 1.165) is 4.47 Å². The van der Waals surface area contributed by atoms with Gasteiger partial charge in [0.1, 0.15) is 0 Å². The van der Waals surface area contributed by atoms with Crippen molar-refractivity contribution in [3.63, 3.8) is 0 Å². The summed E-state index contributed by atoms with van der Waals surface area (Å²) in [6.07, 6.45) is 1.35. The number of amides is 1. The lowest BCUT2D eigenvalue weighted by Crippen LogP contribution is -2.18. The van der Waals surface area contributed by atoms with Crippen LogP contribution in [0, 0.1) is 0 Å². The highest BCUT2D eigenvalue weighted by Gasteiger charge is 2.22. The average Bonchev–Trinajstić information content (AvgIpc) is 3.32. The summed E-state index contributed by atoms with van der Waals surface area (Å²) < 4.78 is 21.5. The predicted molar refractivity (Wildman–Crippen MR) is 115 cm³/mol. The predicted octanol–water partition coefficient (Wildman–Crippen LogP) is 4.35. The molecule has 1 heterocycles. The molecule has 9 heteroatoms. The van der Waals surface area contributed by atoms with Crippen LogP contribution in [0.2, 0.25) is 0 Å². The summed E-state index contributed by atoms with van der Waals surface area (Å²) in [5.41, 5.74) is 0.486. The Morgan fingerprint density at radius 2 is 1.74 bits per heavy atom. The van der Waals surface area contributed by atoms with E-state index in [1.165, 1.54) is 38.7 Å². The average molecular weight is 488 g/mol. The maximum Gasteiger partial charge on any atom is 0.340 e. The molecule has 0 fully saturated rings. The van der Waals surface area contributed by atoms with Crippen LogP contribution in [-0.2, 0) is 4.74 Å². The first kappa shape index (κ1) is 22.1. The van der Waals surface area contributed by atoms with Crippen LogP contribution in [0.5, 0.6) is 11.5 Å². The first-order chi connectivity index (χ1) is 14.9. The molecular formula is C22H18BrNO7. The van der Waals surface area contributed by atoms with Gasteiger partial charge in [-0.2, -0.15) is 0 Å². The molecule has 0 unspecified atom stereocenters. The monoisotopic (exact) mass is 487 g/mol. The molecule has 0 aliphatic heterocycles. The third kappa shape index (κ3) is 5.32. The van der Waals surface area contributed by atoms with Gasteiger partial charge in [0.2, 0.25) is 0 Å². The Morgan fingerprint density at radius 3 is 2.39 bits per heavy atom. The van der Waals surface area contributed by atoms with E-state index < -0.39 is 18.5 Å².